The second kappa shape index (κ2) is 4.70. The third-order valence-electron chi connectivity index (χ3n) is 4.02. The maximum Gasteiger partial charge on any atom is 0.399 e. The molecule has 0 saturated carbocycles. The van der Waals surface area contributed by atoms with E-state index in [2.05, 4.69) is 0 Å². The highest BCUT2D eigenvalue weighted by Crippen LogP contribution is 2.38. The van der Waals surface area contributed by atoms with E-state index in [1.165, 1.54) is 0 Å². The van der Waals surface area contributed by atoms with Crippen LogP contribution in [0.4, 0.5) is 13.2 Å². The maximum atomic E-state index is 12.8. The maximum absolute atomic E-state index is 12.8. The Kier molecular flexibility index (Phi) is 3.55. The van der Waals surface area contributed by atoms with Crippen molar-refractivity contribution in [1.29, 1.82) is 5.41 Å². The molecule has 2 aliphatic rings. The molecule has 2 aliphatic heterocycles. The molecule has 2 saturated heterocycles. The Bertz CT molecular complexity index is 320. The fraction of sp³-hybridized carbons (Fsp3) is 0.909. The summed E-state index contributed by atoms with van der Waals surface area (Å²) in [5.74, 6) is -2.72. The standard InChI is InChI=1S/C11H18F3N3O/c12-11(13,14)9(10(15)16)5-17-6-1-2-7(17)4-8(18)3-6/h6-9,18H,1-5H2,(H3,15,16). The van der Waals surface area contributed by atoms with Gasteiger partial charge < -0.3 is 10.8 Å². The van der Waals surface area contributed by atoms with Gasteiger partial charge in [0.15, 0.2) is 0 Å². The topological polar surface area (TPSA) is 73.3 Å². The minimum absolute atomic E-state index is 0.00273. The predicted octanol–water partition coefficient (Wildman–Crippen LogP) is 1.09. The van der Waals surface area contributed by atoms with E-state index in [4.69, 9.17) is 11.1 Å². The SMILES string of the molecule is N=C(N)C(CN1C2CCC1CC(O)C2)C(F)(F)F. The lowest BCUT2D eigenvalue weighted by molar-refractivity contribution is -0.163. The van der Waals surface area contributed by atoms with Crippen LogP contribution in [0.3, 0.4) is 0 Å². The Hall–Kier alpha value is -0.820. The van der Waals surface area contributed by atoms with Crippen LogP contribution in [0.2, 0.25) is 0 Å². The number of rotatable bonds is 3. The Morgan fingerprint density at radius 2 is 1.83 bits per heavy atom. The first-order chi connectivity index (χ1) is 8.29. The third kappa shape index (κ3) is 2.61. The van der Waals surface area contributed by atoms with Crippen LogP contribution < -0.4 is 5.73 Å². The quantitative estimate of drug-likeness (QED) is 0.528. The lowest BCUT2D eigenvalue weighted by atomic mass is 9.97. The normalized spacial score (nSPS) is 34.6. The summed E-state index contributed by atoms with van der Waals surface area (Å²) < 4.78 is 38.3. The molecule has 0 aromatic heterocycles. The summed E-state index contributed by atoms with van der Waals surface area (Å²) in [7, 11) is 0. The van der Waals surface area contributed by atoms with E-state index in [0.29, 0.717) is 12.8 Å². The summed E-state index contributed by atoms with van der Waals surface area (Å²) in [6.45, 7) is -0.249. The highest BCUT2D eigenvalue weighted by Gasteiger charge is 2.47. The largest absolute Gasteiger partial charge is 0.399 e. The average molecular weight is 265 g/mol. The van der Waals surface area contributed by atoms with E-state index in [-0.39, 0.29) is 18.6 Å². The number of piperidine rings is 1. The highest BCUT2D eigenvalue weighted by molar-refractivity contribution is 5.80. The van der Waals surface area contributed by atoms with Crippen molar-refractivity contribution in [2.24, 2.45) is 11.7 Å². The van der Waals surface area contributed by atoms with E-state index in [1.54, 1.807) is 4.90 Å². The molecule has 0 radical (unpaired) electrons. The van der Waals surface area contributed by atoms with E-state index < -0.39 is 24.0 Å². The molecule has 0 spiro atoms. The van der Waals surface area contributed by atoms with Gasteiger partial charge in [0.25, 0.3) is 0 Å². The van der Waals surface area contributed by atoms with Crippen molar-refractivity contribution in [3.8, 4) is 0 Å². The number of nitrogens with zero attached hydrogens (tertiary/aromatic N) is 1. The second-order valence-corrected chi connectivity index (χ2v) is 5.26. The summed E-state index contributed by atoms with van der Waals surface area (Å²) in [4.78, 5) is 1.78. The van der Waals surface area contributed by atoms with E-state index in [9.17, 15) is 18.3 Å². The van der Waals surface area contributed by atoms with Crippen molar-refractivity contribution in [3.63, 3.8) is 0 Å². The lowest BCUT2D eigenvalue weighted by Crippen LogP contribution is -2.51. The molecular formula is C11H18F3N3O. The summed E-state index contributed by atoms with van der Waals surface area (Å²) in [6, 6.07) is 0.00546. The van der Waals surface area contributed by atoms with Crippen LogP contribution in [-0.2, 0) is 0 Å². The first-order valence-corrected chi connectivity index (χ1v) is 6.13. The van der Waals surface area contributed by atoms with Crippen LogP contribution in [0.5, 0.6) is 0 Å². The zero-order valence-electron chi connectivity index (χ0n) is 9.95. The van der Waals surface area contributed by atoms with E-state index in [0.717, 1.165) is 12.8 Å². The molecule has 18 heavy (non-hydrogen) atoms. The Morgan fingerprint density at radius 1 is 1.33 bits per heavy atom. The number of nitrogens with one attached hydrogen (secondary N) is 1. The smallest absolute Gasteiger partial charge is 0.393 e. The zero-order valence-corrected chi connectivity index (χ0v) is 9.95. The number of amidine groups is 1. The molecule has 4 nitrogen and oxygen atoms in total. The summed E-state index contributed by atoms with van der Waals surface area (Å²) in [6.07, 6.45) is -2.17. The lowest BCUT2D eigenvalue weighted by Gasteiger charge is -2.39. The molecular weight excluding hydrogens is 247 g/mol. The van der Waals surface area contributed by atoms with Crippen molar-refractivity contribution in [2.75, 3.05) is 6.54 Å². The van der Waals surface area contributed by atoms with Gasteiger partial charge in [-0.1, -0.05) is 0 Å². The molecule has 0 amide bonds. The predicted molar refractivity (Wildman–Crippen MR) is 60.2 cm³/mol. The van der Waals surface area contributed by atoms with Gasteiger partial charge >= 0.3 is 6.18 Å². The third-order valence-corrected chi connectivity index (χ3v) is 4.02. The molecule has 3 unspecified atom stereocenters. The highest BCUT2D eigenvalue weighted by atomic mass is 19.4. The fourth-order valence-electron chi connectivity index (χ4n) is 3.13. The molecule has 4 N–H and O–H groups in total. The Balaban J connectivity index is 2.07. The average Bonchev–Trinajstić information content (AvgIpc) is 2.43. The van der Waals surface area contributed by atoms with Crippen molar-refractivity contribution in [2.45, 2.75) is 50.0 Å². The van der Waals surface area contributed by atoms with Gasteiger partial charge in [-0.05, 0) is 25.7 Å². The van der Waals surface area contributed by atoms with Gasteiger partial charge in [-0.2, -0.15) is 13.2 Å². The number of fused-ring (bicyclic) bond motifs is 2. The number of aliphatic hydroxyl groups excluding tert-OH is 1. The number of halogens is 3. The van der Waals surface area contributed by atoms with Crippen LogP contribution in [-0.4, -0.2) is 46.8 Å². The van der Waals surface area contributed by atoms with Gasteiger partial charge in [-0.15, -0.1) is 0 Å². The second-order valence-electron chi connectivity index (χ2n) is 5.26. The zero-order chi connectivity index (χ0) is 13.5. The number of aliphatic hydroxyl groups is 1. The fourth-order valence-corrected chi connectivity index (χ4v) is 3.13. The monoisotopic (exact) mass is 265 g/mol. The van der Waals surface area contributed by atoms with Gasteiger partial charge in [-0.25, -0.2) is 0 Å². The molecule has 3 atom stereocenters. The Morgan fingerprint density at radius 3 is 2.22 bits per heavy atom. The van der Waals surface area contributed by atoms with Gasteiger partial charge in [0.2, 0.25) is 0 Å². The van der Waals surface area contributed by atoms with E-state index in [1.807, 2.05) is 0 Å². The first-order valence-electron chi connectivity index (χ1n) is 6.13. The molecule has 104 valence electrons. The van der Waals surface area contributed by atoms with Crippen LogP contribution in [0.1, 0.15) is 25.7 Å². The molecule has 0 aromatic carbocycles. The van der Waals surface area contributed by atoms with Crippen molar-refractivity contribution in [3.05, 3.63) is 0 Å². The van der Waals surface area contributed by atoms with Crippen molar-refractivity contribution >= 4 is 5.84 Å². The molecule has 0 aliphatic carbocycles. The summed E-state index contributed by atoms with van der Waals surface area (Å²) >= 11 is 0. The summed E-state index contributed by atoms with van der Waals surface area (Å²) in [5.41, 5.74) is 5.07. The number of hydrogen-bond donors (Lipinski definition) is 3. The molecule has 0 aromatic rings. The van der Waals surface area contributed by atoms with Gasteiger partial charge in [0.1, 0.15) is 11.8 Å². The van der Waals surface area contributed by atoms with Crippen LogP contribution in [0, 0.1) is 11.3 Å². The number of nitrogens with two attached hydrogens (primary N) is 1. The van der Waals surface area contributed by atoms with Crippen LogP contribution in [0.15, 0.2) is 0 Å². The van der Waals surface area contributed by atoms with Crippen LogP contribution in [0.25, 0.3) is 0 Å². The van der Waals surface area contributed by atoms with Crippen molar-refractivity contribution < 1.29 is 18.3 Å². The molecule has 2 heterocycles. The molecule has 2 bridgehead atoms. The van der Waals surface area contributed by atoms with Crippen molar-refractivity contribution in [1.82, 2.24) is 4.90 Å². The van der Waals surface area contributed by atoms with Gasteiger partial charge in [0, 0.05) is 18.6 Å². The molecule has 7 heteroatoms. The number of hydrogen-bond acceptors (Lipinski definition) is 3. The van der Waals surface area contributed by atoms with Crippen LogP contribution >= 0.6 is 0 Å². The minimum atomic E-state index is -4.47. The minimum Gasteiger partial charge on any atom is -0.393 e. The first kappa shape index (κ1) is 13.6. The van der Waals surface area contributed by atoms with E-state index >= 15 is 0 Å². The molecule has 2 rings (SSSR count). The van der Waals surface area contributed by atoms with Gasteiger partial charge in [-0.3, -0.25) is 10.3 Å². The number of alkyl halides is 3. The summed E-state index contributed by atoms with van der Waals surface area (Å²) in [5, 5.41) is 16.7. The van der Waals surface area contributed by atoms with Gasteiger partial charge in [0.05, 0.1) is 6.10 Å². The Labute approximate surface area is 103 Å². The molecule has 2 fully saturated rings.